The number of aromatic nitrogens is 2. The number of hydrogen-bond donors (Lipinski definition) is 2. The van der Waals surface area contributed by atoms with Crippen LogP contribution in [0.2, 0.25) is 0 Å². The lowest BCUT2D eigenvalue weighted by atomic mass is 10.1. The molecule has 3 rings (SSSR count). The van der Waals surface area contributed by atoms with E-state index in [1.165, 1.54) is 10.5 Å². The van der Waals surface area contributed by atoms with Crippen molar-refractivity contribution in [1.29, 1.82) is 0 Å². The molecule has 0 radical (unpaired) electrons. The van der Waals surface area contributed by atoms with Crippen molar-refractivity contribution in [2.24, 2.45) is 0 Å². The van der Waals surface area contributed by atoms with E-state index in [0.717, 1.165) is 24.4 Å². The lowest BCUT2D eigenvalue weighted by Crippen LogP contribution is -2.31. The van der Waals surface area contributed by atoms with Crippen molar-refractivity contribution in [1.82, 2.24) is 14.9 Å². The second-order valence-corrected chi connectivity index (χ2v) is 7.56. The van der Waals surface area contributed by atoms with Crippen molar-refractivity contribution >= 4 is 23.5 Å². The van der Waals surface area contributed by atoms with Crippen LogP contribution in [0, 0.1) is 0 Å². The van der Waals surface area contributed by atoms with E-state index in [-0.39, 0.29) is 0 Å². The molecule has 168 valence electrons. The van der Waals surface area contributed by atoms with Gasteiger partial charge in [0.1, 0.15) is 18.2 Å². The average Bonchev–Trinajstić information content (AvgIpc) is 2.78. The largest absolute Gasteiger partial charge is 0.492 e. The molecule has 0 unspecified atom stereocenters. The Hall–Kier alpha value is -3.65. The number of anilines is 3. The summed E-state index contributed by atoms with van der Waals surface area (Å²) in [7, 11) is 4.00. The molecule has 0 aliphatic carbocycles. The smallest absolute Gasteiger partial charge is 0.413 e. The number of nitrogens with one attached hydrogen (secondary N) is 1. The van der Waals surface area contributed by atoms with Crippen LogP contribution in [0.4, 0.5) is 22.2 Å². The maximum absolute atomic E-state index is 11.8. The normalized spacial score (nSPS) is 10.7. The summed E-state index contributed by atoms with van der Waals surface area (Å²) >= 11 is 0. The van der Waals surface area contributed by atoms with Crippen LogP contribution in [0.5, 0.6) is 5.75 Å². The topological polar surface area (TPSA) is 90.8 Å². The van der Waals surface area contributed by atoms with Crippen molar-refractivity contribution in [3.63, 3.8) is 0 Å². The Kier molecular flexibility index (Phi) is 8.39. The minimum absolute atomic E-state index is 0.332. The van der Waals surface area contributed by atoms with E-state index >= 15 is 0 Å². The molecule has 0 aliphatic heterocycles. The molecule has 0 atom stereocenters. The van der Waals surface area contributed by atoms with E-state index < -0.39 is 6.09 Å². The highest BCUT2D eigenvalue weighted by atomic mass is 16.5. The van der Waals surface area contributed by atoms with E-state index in [9.17, 15) is 9.90 Å². The molecule has 2 aromatic carbocycles. The number of amides is 1. The quantitative estimate of drug-likeness (QED) is 0.465. The third-order valence-corrected chi connectivity index (χ3v) is 4.76. The molecular formula is C24H29N5O3. The van der Waals surface area contributed by atoms with Crippen LogP contribution in [-0.2, 0) is 6.42 Å². The number of carbonyl (C=O) groups is 1. The van der Waals surface area contributed by atoms with Crippen molar-refractivity contribution in [2.75, 3.05) is 44.0 Å². The standard InChI is InChI=1S/C24H29N5O3/c1-28(2)17-18-32-21-12-10-20(11-13-21)26-23-25-15-14-22(27-23)29(24(30)31)16-6-9-19-7-4-3-5-8-19/h3-5,7-8,10-15H,6,9,16-18H2,1-2H3,(H,30,31)(H,25,26,27). The predicted octanol–water partition coefficient (Wildman–Crippen LogP) is 4.28. The maximum Gasteiger partial charge on any atom is 0.413 e. The molecule has 0 aliphatic rings. The fourth-order valence-corrected chi connectivity index (χ4v) is 3.06. The lowest BCUT2D eigenvalue weighted by molar-refractivity contribution is 0.201. The summed E-state index contributed by atoms with van der Waals surface area (Å²) in [5.41, 5.74) is 1.96. The van der Waals surface area contributed by atoms with Gasteiger partial charge in [0.2, 0.25) is 5.95 Å². The van der Waals surface area contributed by atoms with Gasteiger partial charge in [0.15, 0.2) is 0 Å². The monoisotopic (exact) mass is 435 g/mol. The molecular weight excluding hydrogens is 406 g/mol. The summed E-state index contributed by atoms with van der Waals surface area (Å²) in [6.07, 6.45) is 2.00. The molecule has 0 saturated carbocycles. The Bertz CT molecular complexity index is 980. The van der Waals surface area contributed by atoms with Gasteiger partial charge in [-0.15, -0.1) is 0 Å². The van der Waals surface area contributed by atoms with Crippen LogP contribution in [-0.4, -0.2) is 59.9 Å². The highest BCUT2D eigenvalue weighted by molar-refractivity contribution is 5.84. The second kappa shape index (κ2) is 11.7. The van der Waals surface area contributed by atoms with Gasteiger partial charge in [0.25, 0.3) is 0 Å². The van der Waals surface area contributed by atoms with E-state index in [1.54, 1.807) is 12.3 Å². The van der Waals surface area contributed by atoms with E-state index in [2.05, 4.69) is 20.2 Å². The Labute approximate surface area is 188 Å². The molecule has 0 fully saturated rings. The summed E-state index contributed by atoms with van der Waals surface area (Å²) < 4.78 is 5.70. The van der Waals surface area contributed by atoms with Gasteiger partial charge in [-0.1, -0.05) is 30.3 Å². The fourth-order valence-electron chi connectivity index (χ4n) is 3.06. The van der Waals surface area contributed by atoms with Crippen molar-refractivity contribution in [2.45, 2.75) is 12.8 Å². The van der Waals surface area contributed by atoms with E-state index in [4.69, 9.17) is 4.74 Å². The van der Waals surface area contributed by atoms with Gasteiger partial charge in [-0.05, 0) is 62.8 Å². The third kappa shape index (κ3) is 7.24. The Morgan fingerprint density at radius 1 is 1.03 bits per heavy atom. The van der Waals surface area contributed by atoms with Gasteiger partial charge in [-0.2, -0.15) is 4.98 Å². The first-order chi connectivity index (χ1) is 15.5. The molecule has 2 N–H and O–H groups in total. The summed E-state index contributed by atoms with van der Waals surface area (Å²) in [4.78, 5) is 23.7. The van der Waals surface area contributed by atoms with Crippen LogP contribution in [0.1, 0.15) is 12.0 Å². The number of benzene rings is 2. The first-order valence-corrected chi connectivity index (χ1v) is 10.5. The Morgan fingerprint density at radius 2 is 1.78 bits per heavy atom. The number of rotatable bonds is 11. The number of nitrogens with zero attached hydrogens (tertiary/aromatic N) is 4. The van der Waals surface area contributed by atoms with Crippen LogP contribution in [0.25, 0.3) is 0 Å². The number of likely N-dealkylation sites (N-methyl/N-ethyl adjacent to an activating group) is 1. The number of carboxylic acid groups (broad SMARTS) is 1. The first-order valence-electron chi connectivity index (χ1n) is 10.5. The molecule has 1 aromatic heterocycles. The summed E-state index contributed by atoms with van der Waals surface area (Å²) in [6.45, 7) is 1.80. The average molecular weight is 436 g/mol. The predicted molar refractivity (Wildman–Crippen MR) is 126 cm³/mol. The molecule has 8 nitrogen and oxygen atoms in total. The molecule has 3 aromatic rings. The molecule has 0 spiro atoms. The van der Waals surface area contributed by atoms with Crippen molar-refractivity contribution in [3.05, 3.63) is 72.4 Å². The maximum atomic E-state index is 11.8. The van der Waals surface area contributed by atoms with Gasteiger partial charge in [-0.25, -0.2) is 9.78 Å². The summed E-state index contributed by atoms with van der Waals surface area (Å²) in [6, 6.07) is 19.1. The summed E-state index contributed by atoms with van der Waals surface area (Å²) in [5.74, 6) is 1.45. The van der Waals surface area contributed by atoms with Gasteiger partial charge in [-0.3, -0.25) is 4.90 Å². The Morgan fingerprint density at radius 3 is 2.47 bits per heavy atom. The van der Waals surface area contributed by atoms with Gasteiger partial charge < -0.3 is 20.1 Å². The first kappa shape index (κ1) is 23.0. The molecule has 0 saturated heterocycles. The number of ether oxygens (including phenoxy) is 1. The van der Waals surface area contributed by atoms with Gasteiger partial charge in [0.05, 0.1) is 0 Å². The summed E-state index contributed by atoms with van der Waals surface area (Å²) in [5, 5.41) is 12.8. The van der Waals surface area contributed by atoms with Gasteiger partial charge in [0, 0.05) is 25.0 Å². The highest BCUT2D eigenvalue weighted by Crippen LogP contribution is 2.20. The molecule has 0 bridgehead atoms. The highest BCUT2D eigenvalue weighted by Gasteiger charge is 2.16. The zero-order chi connectivity index (χ0) is 22.8. The fraction of sp³-hybridized carbons (Fsp3) is 0.292. The van der Waals surface area contributed by atoms with E-state index in [1.807, 2.05) is 68.7 Å². The number of aryl methyl sites for hydroxylation is 1. The Balaban J connectivity index is 1.59. The van der Waals surface area contributed by atoms with Crippen molar-refractivity contribution in [3.8, 4) is 5.75 Å². The molecule has 1 amide bonds. The number of hydrogen-bond acceptors (Lipinski definition) is 6. The van der Waals surface area contributed by atoms with Crippen LogP contribution in [0.15, 0.2) is 66.9 Å². The molecule has 8 heteroatoms. The van der Waals surface area contributed by atoms with Crippen LogP contribution >= 0.6 is 0 Å². The second-order valence-electron chi connectivity index (χ2n) is 7.56. The minimum Gasteiger partial charge on any atom is -0.492 e. The zero-order valence-corrected chi connectivity index (χ0v) is 18.4. The van der Waals surface area contributed by atoms with E-state index in [0.29, 0.717) is 31.3 Å². The van der Waals surface area contributed by atoms with Crippen LogP contribution in [0.3, 0.4) is 0 Å². The van der Waals surface area contributed by atoms with Crippen molar-refractivity contribution < 1.29 is 14.6 Å². The minimum atomic E-state index is -1.04. The lowest BCUT2D eigenvalue weighted by Gasteiger charge is -2.18. The van der Waals surface area contributed by atoms with Gasteiger partial charge >= 0.3 is 6.09 Å². The third-order valence-electron chi connectivity index (χ3n) is 4.76. The molecule has 1 heterocycles. The van der Waals surface area contributed by atoms with Crippen LogP contribution < -0.4 is 15.0 Å². The zero-order valence-electron chi connectivity index (χ0n) is 18.4. The SMILES string of the molecule is CN(C)CCOc1ccc(Nc2nccc(N(CCCc3ccccc3)C(=O)O)n2)cc1. The molecule has 32 heavy (non-hydrogen) atoms.